The van der Waals surface area contributed by atoms with Crippen molar-refractivity contribution in [3.63, 3.8) is 0 Å². The fraction of sp³-hybridized carbons (Fsp3) is 0.500. The maximum absolute atomic E-state index is 12.1. The van der Waals surface area contributed by atoms with Gasteiger partial charge < -0.3 is 14.4 Å². The van der Waals surface area contributed by atoms with Gasteiger partial charge in [-0.2, -0.15) is 0 Å². The summed E-state index contributed by atoms with van der Waals surface area (Å²) in [5.74, 6) is 0. The lowest BCUT2D eigenvalue weighted by Crippen LogP contribution is -2.36. The second-order valence-corrected chi connectivity index (χ2v) is 5.36. The fourth-order valence-corrected chi connectivity index (χ4v) is 2.81. The van der Waals surface area contributed by atoms with Crippen LogP contribution in [0.2, 0.25) is 0 Å². The van der Waals surface area contributed by atoms with Crippen LogP contribution in [0.1, 0.15) is 12.0 Å². The van der Waals surface area contributed by atoms with Gasteiger partial charge in [-0.05, 0) is 12.0 Å². The maximum Gasteiger partial charge on any atom is 0.410 e. The third-order valence-electron chi connectivity index (χ3n) is 3.49. The largest absolute Gasteiger partial charge is 0.445 e. The zero-order chi connectivity index (χ0) is 13.2. The molecule has 4 nitrogen and oxygen atoms in total. The first-order valence-corrected chi connectivity index (χ1v) is 6.94. The Kier molecular flexibility index (Phi) is 3.62. The molecule has 0 aromatic heterocycles. The Morgan fingerprint density at radius 1 is 1.42 bits per heavy atom. The van der Waals surface area contributed by atoms with E-state index in [4.69, 9.17) is 21.1 Å². The van der Waals surface area contributed by atoms with E-state index in [1.807, 2.05) is 30.3 Å². The SMILES string of the molecule is O=C(OCc1ccccc1)N1CCCO[C@@H]2C1[C@H]2Cl. The lowest BCUT2D eigenvalue weighted by molar-refractivity contribution is 0.0902. The molecule has 3 rings (SSSR count). The average Bonchev–Trinajstić information content (AvgIpc) is 3.13. The molecule has 19 heavy (non-hydrogen) atoms. The molecule has 102 valence electrons. The highest BCUT2D eigenvalue weighted by molar-refractivity contribution is 6.24. The standard InChI is InChI=1S/C14H16ClNO3/c15-11-12-13(11)18-8-4-7-16(12)14(17)19-9-10-5-2-1-3-6-10/h1-3,5-6,11-13H,4,7-9H2/t11-,12?,13+/m1/s1. The number of carbonyl (C=O) groups excluding carboxylic acids is 1. The average molecular weight is 282 g/mol. The molecule has 5 heteroatoms. The van der Waals surface area contributed by atoms with Crippen molar-refractivity contribution in [3.05, 3.63) is 35.9 Å². The van der Waals surface area contributed by atoms with Crippen LogP contribution in [0.25, 0.3) is 0 Å². The molecule has 1 aliphatic heterocycles. The van der Waals surface area contributed by atoms with Crippen molar-refractivity contribution >= 4 is 17.7 Å². The summed E-state index contributed by atoms with van der Waals surface area (Å²) in [7, 11) is 0. The quantitative estimate of drug-likeness (QED) is 0.782. The van der Waals surface area contributed by atoms with Crippen LogP contribution in [0.5, 0.6) is 0 Å². The van der Waals surface area contributed by atoms with Gasteiger partial charge >= 0.3 is 6.09 Å². The van der Waals surface area contributed by atoms with Crippen molar-refractivity contribution in [2.24, 2.45) is 0 Å². The smallest absolute Gasteiger partial charge is 0.410 e. The van der Waals surface area contributed by atoms with E-state index in [2.05, 4.69) is 0 Å². The van der Waals surface area contributed by atoms with E-state index in [-0.39, 0.29) is 23.6 Å². The molecule has 0 radical (unpaired) electrons. The summed E-state index contributed by atoms with van der Waals surface area (Å²) >= 11 is 6.11. The van der Waals surface area contributed by atoms with Gasteiger partial charge in [0.2, 0.25) is 0 Å². The Morgan fingerprint density at radius 2 is 2.21 bits per heavy atom. The van der Waals surface area contributed by atoms with Crippen LogP contribution in [-0.4, -0.2) is 41.7 Å². The minimum Gasteiger partial charge on any atom is -0.445 e. The number of alkyl halides is 1. The van der Waals surface area contributed by atoms with Gasteiger partial charge in [-0.15, -0.1) is 11.6 Å². The molecule has 0 bridgehead atoms. The van der Waals surface area contributed by atoms with E-state index < -0.39 is 0 Å². The molecule has 1 amide bonds. The lowest BCUT2D eigenvalue weighted by Gasteiger charge is -2.20. The lowest BCUT2D eigenvalue weighted by atomic mass is 10.2. The second-order valence-electron chi connectivity index (χ2n) is 4.86. The van der Waals surface area contributed by atoms with Crippen LogP contribution >= 0.6 is 11.6 Å². The highest BCUT2D eigenvalue weighted by atomic mass is 35.5. The van der Waals surface area contributed by atoms with Gasteiger partial charge in [-0.3, -0.25) is 0 Å². The van der Waals surface area contributed by atoms with Crippen LogP contribution < -0.4 is 0 Å². The predicted octanol–water partition coefficient (Wildman–Crippen LogP) is 2.40. The molecule has 1 heterocycles. The molecule has 1 saturated heterocycles. The number of fused-ring (bicyclic) bond motifs is 1. The molecular weight excluding hydrogens is 266 g/mol. The Bertz CT molecular complexity index is 453. The number of carbonyl (C=O) groups is 1. The number of benzene rings is 1. The summed E-state index contributed by atoms with van der Waals surface area (Å²) in [4.78, 5) is 13.8. The summed E-state index contributed by atoms with van der Waals surface area (Å²) < 4.78 is 10.9. The number of rotatable bonds is 2. The monoisotopic (exact) mass is 281 g/mol. The van der Waals surface area contributed by atoms with Crippen LogP contribution in [0, 0.1) is 0 Å². The van der Waals surface area contributed by atoms with Crippen molar-refractivity contribution in [3.8, 4) is 0 Å². The summed E-state index contributed by atoms with van der Waals surface area (Å²) in [6.45, 7) is 1.60. The number of ether oxygens (including phenoxy) is 2. The molecule has 1 saturated carbocycles. The summed E-state index contributed by atoms with van der Waals surface area (Å²) in [5.41, 5.74) is 0.983. The van der Waals surface area contributed by atoms with Gasteiger partial charge in [-0.1, -0.05) is 30.3 Å². The zero-order valence-electron chi connectivity index (χ0n) is 10.5. The van der Waals surface area contributed by atoms with Crippen LogP contribution in [0.15, 0.2) is 30.3 Å². The first-order chi connectivity index (χ1) is 9.27. The number of halogens is 1. The normalized spacial score (nSPS) is 29.3. The van der Waals surface area contributed by atoms with E-state index in [0.29, 0.717) is 19.8 Å². The Hall–Kier alpha value is -1.26. The van der Waals surface area contributed by atoms with Gasteiger partial charge in [0.05, 0.1) is 17.5 Å². The van der Waals surface area contributed by atoms with Crippen LogP contribution in [0.3, 0.4) is 0 Å². The van der Waals surface area contributed by atoms with E-state index >= 15 is 0 Å². The molecule has 1 aromatic carbocycles. The highest BCUT2D eigenvalue weighted by Gasteiger charge is 2.56. The number of amides is 1. The predicted molar refractivity (Wildman–Crippen MR) is 71.1 cm³/mol. The van der Waals surface area contributed by atoms with Gasteiger partial charge in [-0.25, -0.2) is 4.79 Å². The molecule has 2 fully saturated rings. The van der Waals surface area contributed by atoms with Gasteiger partial charge in [0.1, 0.15) is 6.61 Å². The van der Waals surface area contributed by atoms with Crippen LogP contribution in [0.4, 0.5) is 4.79 Å². The van der Waals surface area contributed by atoms with E-state index in [1.165, 1.54) is 0 Å². The molecule has 1 aromatic rings. The third kappa shape index (κ3) is 2.69. The number of hydrogen-bond donors (Lipinski definition) is 0. The van der Waals surface area contributed by atoms with E-state index in [0.717, 1.165) is 12.0 Å². The highest BCUT2D eigenvalue weighted by Crippen LogP contribution is 2.39. The fourth-order valence-electron chi connectivity index (χ4n) is 2.39. The van der Waals surface area contributed by atoms with Crippen molar-refractivity contribution in [2.75, 3.05) is 13.2 Å². The van der Waals surface area contributed by atoms with Crippen molar-refractivity contribution < 1.29 is 14.3 Å². The van der Waals surface area contributed by atoms with Crippen molar-refractivity contribution in [1.29, 1.82) is 0 Å². The second kappa shape index (κ2) is 5.39. The molecule has 0 spiro atoms. The Balaban J connectivity index is 1.58. The first kappa shape index (κ1) is 12.8. The van der Waals surface area contributed by atoms with E-state index in [9.17, 15) is 4.79 Å². The van der Waals surface area contributed by atoms with Gasteiger partial charge in [0.25, 0.3) is 0 Å². The molecular formula is C14H16ClNO3. The minimum absolute atomic E-state index is 0.0200. The van der Waals surface area contributed by atoms with Gasteiger partial charge in [0, 0.05) is 13.2 Å². The maximum atomic E-state index is 12.1. The summed E-state index contributed by atoms with van der Waals surface area (Å²) in [6, 6.07) is 9.63. The number of hydrogen-bond acceptors (Lipinski definition) is 3. The van der Waals surface area contributed by atoms with E-state index in [1.54, 1.807) is 4.90 Å². The Labute approximate surface area is 117 Å². The Morgan fingerprint density at radius 3 is 3.00 bits per heavy atom. The topological polar surface area (TPSA) is 38.8 Å². The molecule has 0 N–H and O–H groups in total. The summed E-state index contributed by atoms with van der Waals surface area (Å²) in [6.07, 6.45) is 0.512. The van der Waals surface area contributed by atoms with Crippen molar-refractivity contribution in [2.45, 2.75) is 30.6 Å². The molecule has 3 atom stereocenters. The van der Waals surface area contributed by atoms with Crippen molar-refractivity contribution in [1.82, 2.24) is 4.90 Å². The summed E-state index contributed by atoms with van der Waals surface area (Å²) in [5, 5.41) is -0.0930. The number of nitrogens with zero attached hydrogens (tertiary/aromatic N) is 1. The first-order valence-electron chi connectivity index (χ1n) is 6.50. The zero-order valence-corrected chi connectivity index (χ0v) is 11.3. The molecule has 2 aliphatic rings. The minimum atomic E-state index is -0.299. The molecule has 1 aliphatic carbocycles. The molecule has 1 unspecified atom stereocenters. The third-order valence-corrected chi connectivity index (χ3v) is 4.00. The van der Waals surface area contributed by atoms with Crippen LogP contribution in [-0.2, 0) is 16.1 Å². The van der Waals surface area contributed by atoms with Gasteiger partial charge in [0.15, 0.2) is 0 Å².